The van der Waals surface area contributed by atoms with E-state index in [0.29, 0.717) is 0 Å². The lowest BCUT2D eigenvalue weighted by atomic mass is 9.87. The van der Waals surface area contributed by atoms with Gasteiger partial charge < -0.3 is 0 Å². The molecule has 0 saturated carbocycles. The summed E-state index contributed by atoms with van der Waals surface area (Å²) in [4.78, 5) is 3.98. The SMILES string of the molecule is C=C/N=C/C(=C\C)C(C)(C)C. The van der Waals surface area contributed by atoms with Crippen LogP contribution in [0, 0.1) is 5.41 Å². The van der Waals surface area contributed by atoms with Gasteiger partial charge >= 0.3 is 0 Å². The van der Waals surface area contributed by atoms with Crippen molar-refractivity contribution >= 4 is 6.21 Å². The molecule has 11 heavy (non-hydrogen) atoms. The van der Waals surface area contributed by atoms with Gasteiger partial charge in [0.15, 0.2) is 0 Å². The minimum Gasteiger partial charge on any atom is -0.265 e. The second-order valence-corrected chi connectivity index (χ2v) is 3.45. The third-order valence-corrected chi connectivity index (χ3v) is 1.50. The molecule has 0 unspecified atom stereocenters. The molecular weight excluding hydrogens is 134 g/mol. The highest BCUT2D eigenvalue weighted by molar-refractivity contribution is 5.80. The molecule has 0 atom stereocenters. The van der Waals surface area contributed by atoms with Crippen molar-refractivity contribution in [2.45, 2.75) is 27.7 Å². The molecule has 0 amide bonds. The van der Waals surface area contributed by atoms with Gasteiger partial charge in [0.25, 0.3) is 0 Å². The third-order valence-electron chi connectivity index (χ3n) is 1.50. The number of hydrogen-bond donors (Lipinski definition) is 0. The summed E-state index contributed by atoms with van der Waals surface area (Å²) < 4.78 is 0. The zero-order valence-corrected chi connectivity index (χ0v) is 7.89. The first-order valence-corrected chi connectivity index (χ1v) is 3.83. The molecule has 0 saturated heterocycles. The summed E-state index contributed by atoms with van der Waals surface area (Å²) in [5, 5.41) is 0. The van der Waals surface area contributed by atoms with E-state index in [1.54, 1.807) is 6.20 Å². The Morgan fingerprint density at radius 3 is 2.18 bits per heavy atom. The van der Waals surface area contributed by atoms with Gasteiger partial charge in [0.05, 0.1) is 0 Å². The highest BCUT2D eigenvalue weighted by Gasteiger charge is 2.13. The fourth-order valence-corrected chi connectivity index (χ4v) is 0.834. The second-order valence-electron chi connectivity index (χ2n) is 3.45. The highest BCUT2D eigenvalue weighted by Crippen LogP contribution is 2.23. The van der Waals surface area contributed by atoms with Crippen LogP contribution in [0.25, 0.3) is 0 Å². The predicted molar refractivity (Wildman–Crippen MR) is 51.9 cm³/mol. The lowest BCUT2D eigenvalue weighted by molar-refractivity contribution is 0.526. The first kappa shape index (κ1) is 10.2. The van der Waals surface area contributed by atoms with Gasteiger partial charge in [-0.05, 0) is 17.9 Å². The van der Waals surface area contributed by atoms with E-state index in [1.807, 2.05) is 13.1 Å². The maximum Gasteiger partial charge on any atom is 0.0301 e. The van der Waals surface area contributed by atoms with Gasteiger partial charge in [-0.2, -0.15) is 0 Å². The average Bonchev–Trinajstić information content (AvgIpc) is 1.87. The van der Waals surface area contributed by atoms with Gasteiger partial charge in [0.1, 0.15) is 0 Å². The van der Waals surface area contributed by atoms with E-state index >= 15 is 0 Å². The molecule has 1 heteroatoms. The van der Waals surface area contributed by atoms with Crippen LogP contribution in [-0.4, -0.2) is 6.21 Å². The molecule has 0 aromatic heterocycles. The van der Waals surface area contributed by atoms with Crippen LogP contribution in [0.4, 0.5) is 0 Å². The van der Waals surface area contributed by atoms with E-state index in [0.717, 1.165) is 0 Å². The number of nitrogens with zero attached hydrogens (tertiary/aromatic N) is 1. The van der Waals surface area contributed by atoms with Crippen LogP contribution in [0.15, 0.2) is 29.4 Å². The molecule has 0 rings (SSSR count). The molecule has 0 fully saturated rings. The Bertz CT molecular complexity index is 180. The monoisotopic (exact) mass is 151 g/mol. The Morgan fingerprint density at radius 1 is 1.36 bits per heavy atom. The number of allylic oxidation sites excluding steroid dienone is 2. The molecule has 0 aromatic carbocycles. The van der Waals surface area contributed by atoms with Crippen LogP contribution in [0.1, 0.15) is 27.7 Å². The Balaban J connectivity index is 4.45. The van der Waals surface area contributed by atoms with Crippen molar-refractivity contribution in [2.24, 2.45) is 10.4 Å². The van der Waals surface area contributed by atoms with Gasteiger partial charge in [-0.15, -0.1) is 0 Å². The van der Waals surface area contributed by atoms with Gasteiger partial charge in [0, 0.05) is 12.4 Å². The normalized spacial score (nSPS) is 14.0. The van der Waals surface area contributed by atoms with Crippen LogP contribution >= 0.6 is 0 Å². The maximum atomic E-state index is 3.98. The average molecular weight is 151 g/mol. The molecule has 0 heterocycles. The Labute approximate surface area is 69.5 Å². The van der Waals surface area contributed by atoms with E-state index < -0.39 is 0 Å². The van der Waals surface area contributed by atoms with Crippen molar-refractivity contribution in [2.75, 3.05) is 0 Å². The zero-order valence-electron chi connectivity index (χ0n) is 7.89. The summed E-state index contributed by atoms with van der Waals surface area (Å²) in [7, 11) is 0. The van der Waals surface area contributed by atoms with E-state index in [2.05, 4.69) is 38.4 Å². The molecule has 0 aliphatic carbocycles. The highest BCUT2D eigenvalue weighted by atomic mass is 14.7. The lowest BCUT2D eigenvalue weighted by Crippen LogP contribution is -2.09. The zero-order chi connectivity index (χ0) is 8.91. The van der Waals surface area contributed by atoms with E-state index in [-0.39, 0.29) is 5.41 Å². The summed E-state index contributed by atoms with van der Waals surface area (Å²) in [6, 6.07) is 0. The standard InChI is InChI=1S/C10H17N/c1-6-9(8-11-7-2)10(3,4)5/h6-8H,2H2,1,3-5H3/b9-6+,11-8+. The largest absolute Gasteiger partial charge is 0.265 e. The Hall–Kier alpha value is -0.850. The maximum absolute atomic E-state index is 3.98. The minimum atomic E-state index is 0.182. The van der Waals surface area contributed by atoms with E-state index in [4.69, 9.17) is 0 Å². The Morgan fingerprint density at radius 2 is 1.91 bits per heavy atom. The fraction of sp³-hybridized carbons (Fsp3) is 0.500. The first-order valence-electron chi connectivity index (χ1n) is 3.83. The van der Waals surface area contributed by atoms with Crippen LogP contribution in [0.2, 0.25) is 0 Å². The van der Waals surface area contributed by atoms with Crippen molar-refractivity contribution < 1.29 is 0 Å². The van der Waals surface area contributed by atoms with Crippen LogP contribution in [0.5, 0.6) is 0 Å². The van der Waals surface area contributed by atoms with Crippen molar-refractivity contribution in [1.29, 1.82) is 0 Å². The molecular formula is C10H17N. The summed E-state index contributed by atoms with van der Waals surface area (Å²) >= 11 is 0. The molecule has 0 bridgehead atoms. The molecule has 0 N–H and O–H groups in total. The smallest absolute Gasteiger partial charge is 0.0301 e. The summed E-state index contributed by atoms with van der Waals surface area (Å²) in [5.74, 6) is 0. The van der Waals surface area contributed by atoms with Gasteiger partial charge in [-0.25, -0.2) is 0 Å². The van der Waals surface area contributed by atoms with Gasteiger partial charge in [-0.3, -0.25) is 4.99 Å². The first-order chi connectivity index (χ1) is 5.02. The van der Waals surface area contributed by atoms with Crippen LogP contribution in [-0.2, 0) is 0 Å². The van der Waals surface area contributed by atoms with Crippen molar-refractivity contribution in [3.05, 3.63) is 24.4 Å². The van der Waals surface area contributed by atoms with Crippen molar-refractivity contribution in [3.63, 3.8) is 0 Å². The lowest BCUT2D eigenvalue weighted by Gasteiger charge is -2.18. The summed E-state index contributed by atoms with van der Waals surface area (Å²) in [6.07, 6.45) is 5.48. The van der Waals surface area contributed by atoms with Crippen LogP contribution < -0.4 is 0 Å². The van der Waals surface area contributed by atoms with Crippen LogP contribution in [0.3, 0.4) is 0 Å². The predicted octanol–water partition coefficient (Wildman–Crippen LogP) is 3.19. The summed E-state index contributed by atoms with van der Waals surface area (Å²) in [6.45, 7) is 12.0. The van der Waals surface area contributed by atoms with Gasteiger partial charge in [0.2, 0.25) is 0 Å². The van der Waals surface area contributed by atoms with Crippen molar-refractivity contribution in [1.82, 2.24) is 0 Å². The third kappa shape index (κ3) is 3.76. The molecule has 0 aliphatic rings. The van der Waals surface area contributed by atoms with Crippen molar-refractivity contribution in [3.8, 4) is 0 Å². The quantitative estimate of drug-likeness (QED) is 0.537. The van der Waals surface area contributed by atoms with Gasteiger partial charge in [-0.1, -0.05) is 33.4 Å². The second kappa shape index (κ2) is 4.12. The Kier molecular flexibility index (Phi) is 3.80. The topological polar surface area (TPSA) is 12.4 Å². The number of aliphatic imine (C=N–C) groups is 1. The van der Waals surface area contributed by atoms with E-state index in [1.165, 1.54) is 5.57 Å². The molecule has 62 valence electrons. The molecule has 0 radical (unpaired) electrons. The molecule has 0 aliphatic heterocycles. The number of rotatable bonds is 2. The molecule has 0 spiro atoms. The molecule has 1 nitrogen and oxygen atoms in total. The molecule has 0 aromatic rings. The summed E-state index contributed by atoms with van der Waals surface area (Å²) in [5.41, 5.74) is 1.42. The minimum absolute atomic E-state index is 0.182. The fourth-order valence-electron chi connectivity index (χ4n) is 0.834. The number of hydrogen-bond acceptors (Lipinski definition) is 1. The van der Waals surface area contributed by atoms with E-state index in [9.17, 15) is 0 Å².